The lowest BCUT2D eigenvalue weighted by Crippen LogP contribution is -2.18. The van der Waals surface area contributed by atoms with Crippen LogP contribution < -0.4 is 4.74 Å². The largest absolute Gasteiger partial charge is 0.573 e. The molecule has 0 unspecified atom stereocenters. The Kier molecular flexibility index (Phi) is 6.73. The highest BCUT2D eigenvalue weighted by molar-refractivity contribution is 5.74. The summed E-state index contributed by atoms with van der Waals surface area (Å²) in [6, 6.07) is 11.7. The molecule has 0 spiro atoms. The van der Waals surface area contributed by atoms with E-state index in [-0.39, 0.29) is 17.5 Å². The first-order valence-electron chi connectivity index (χ1n) is 11.0. The number of hydrogen-bond donors (Lipinski definition) is 0. The molecule has 1 aliphatic carbocycles. The lowest BCUT2D eigenvalue weighted by atomic mass is 9.85. The van der Waals surface area contributed by atoms with Crippen LogP contribution in [0.4, 0.5) is 26.3 Å². The molecule has 0 aromatic heterocycles. The Labute approximate surface area is 193 Å². The number of allylic oxidation sites excluding steroid dienone is 2. The molecule has 0 bridgehead atoms. The zero-order valence-corrected chi connectivity index (χ0v) is 18.4. The highest BCUT2D eigenvalue weighted by Gasteiger charge is 2.32. The average molecular weight is 476 g/mol. The zero-order chi connectivity index (χ0) is 24.5. The Bertz CT molecular complexity index is 1230. The summed E-state index contributed by atoms with van der Waals surface area (Å²) in [7, 11) is 0. The predicted molar refractivity (Wildman–Crippen MR) is 119 cm³/mol. The Morgan fingerprint density at radius 1 is 0.882 bits per heavy atom. The molecule has 0 heterocycles. The van der Waals surface area contributed by atoms with E-state index in [1.807, 2.05) is 18.2 Å². The van der Waals surface area contributed by atoms with Gasteiger partial charge in [0.2, 0.25) is 0 Å². The van der Waals surface area contributed by atoms with Gasteiger partial charge in [0, 0.05) is 0 Å². The fraction of sp³-hybridized carbons (Fsp3) is 0.259. The number of halogens is 6. The standard InChI is InChI=1S/C27H22F6O/c1-2-3-4-16-5-7-17(8-6-16)18-9-11-21-20(13-18)15-23(29)25(26(21)30)19-10-12-24(22(28)14-19)34-27(31,32)33/h5-10,12,14-15H,2-4,11,13H2,1H3. The maximum atomic E-state index is 15.3. The molecule has 4 rings (SSSR count). The van der Waals surface area contributed by atoms with Gasteiger partial charge in [-0.1, -0.05) is 49.8 Å². The van der Waals surface area contributed by atoms with E-state index in [1.165, 1.54) is 11.6 Å². The number of hydrogen-bond acceptors (Lipinski definition) is 1. The highest BCUT2D eigenvalue weighted by atomic mass is 19.4. The Morgan fingerprint density at radius 2 is 1.59 bits per heavy atom. The molecule has 3 aromatic carbocycles. The molecule has 0 saturated heterocycles. The summed E-state index contributed by atoms with van der Waals surface area (Å²) in [5.41, 5.74) is 3.28. The van der Waals surface area contributed by atoms with Crippen molar-refractivity contribution in [3.05, 3.63) is 94.3 Å². The summed E-state index contributed by atoms with van der Waals surface area (Å²) < 4.78 is 85.1. The monoisotopic (exact) mass is 476 g/mol. The molecule has 0 atom stereocenters. The third kappa shape index (κ3) is 5.13. The van der Waals surface area contributed by atoms with Gasteiger partial charge in [-0.25, -0.2) is 13.2 Å². The molecule has 0 N–H and O–H groups in total. The molecule has 178 valence electrons. The maximum Gasteiger partial charge on any atom is 0.573 e. The average Bonchev–Trinajstić information content (AvgIpc) is 2.78. The summed E-state index contributed by atoms with van der Waals surface area (Å²) in [4.78, 5) is 0. The van der Waals surface area contributed by atoms with Crippen LogP contribution in [-0.4, -0.2) is 6.36 Å². The van der Waals surface area contributed by atoms with Gasteiger partial charge in [0.15, 0.2) is 11.6 Å². The zero-order valence-electron chi connectivity index (χ0n) is 18.4. The van der Waals surface area contributed by atoms with Gasteiger partial charge in [-0.2, -0.15) is 0 Å². The third-order valence-electron chi connectivity index (χ3n) is 5.94. The molecule has 1 nitrogen and oxygen atoms in total. The van der Waals surface area contributed by atoms with Crippen LogP contribution in [0, 0.1) is 17.5 Å². The Hall–Kier alpha value is -3.22. The quantitative estimate of drug-likeness (QED) is 0.326. The topological polar surface area (TPSA) is 9.23 Å². The van der Waals surface area contributed by atoms with E-state index in [1.54, 1.807) is 0 Å². The van der Waals surface area contributed by atoms with E-state index in [4.69, 9.17) is 0 Å². The predicted octanol–water partition coefficient (Wildman–Crippen LogP) is 8.19. The second kappa shape index (κ2) is 9.57. The molecule has 0 fully saturated rings. The second-order valence-corrected chi connectivity index (χ2v) is 8.29. The van der Waals surface area contributed by atoms with Gasteiger partial charge in [-0.05, 0) is 77.3 Å². The number of fused-ring (bicyclic) bond motifs is 1. The van der Waals surface area contributed by atoms with Crippen molar-refractivity contribution >= 4 is 5.57 Å². The summed E-state index contributed by atoms with van der Waals surface area (Å²) in [6.45, 7) is 2.14. The molecule has 1 aliphatic rings. The first kappa shape index (κ1) is 23.9. The van der Waals surface area contributed by atoms with Crippen LogP contribution in [0.1, 0.15) is 42.0 Å². The van der Waals surface area contributed by atoms with E-state index in [0.717, 1.165) is 36.5 Å². The third-order valence-corrected chi connectivity index (χ3v) is 5.94. The lowest BCUT2D eigenvalue weighted by Gasteiger charge is -2.21. The number of benzene rings is 3. The summed E-state index contributed by atoms with van der Waals surface area (Å²) in [5.74, 6) is -4.18. The van der Waals surface area contributed by atoms with Crippen LogP contribution in [0.3, 0.4) is 0 Å². The fourth-order valence-electron chi connectivity index (χ4n) is 4.20. The van der Waals surface area contributed by atoms with Gasteiger partial charge in [-0.3, -0.25) is 0 Å². The van der Waals surface area contributed by atoms with Gasteiger partial charge in [0.05, 0.1) is 5.56 Å². The van der Waals surface area contributed by atoms with Crippen LogP contribution in [-0.2, 0) is 19.3 Å². The molecular weight excluding hydrogens is 454 g/mol. The molecule has 7 heteroatoms. The van der Waals surface area contributed by atoms with Crippen molar-refractivity contribution in [3.63, 3.8) is 0 Å². The minimum Gasteiger partial charge on any atom is -0.403 e. The van der Waals surface area contributed by atoms with E-state index in [2.05, 4.69) is 23.8 Å². The van der Waals surface area contributed by atoms with Crippen LogP contribution in [0.5, 0.6) is 5.75 Å². The fourth-order valence-corrected chi connectivity index (χ4v) is 4.20. The molecule has 34 heavy (non-hydrogen) atoms. The SMILES string of the molecule is CCCCc1ccc(C2=CCc3c(cc(F)c(-c4ccc(OC(F)(F)F)c(F)c4)c3F)C2)cc1. The van der Waals surface area contributed by atoms with Crippen molar-refractivity contribution in [2.24, 2.45) is 0 Å². The Balaban J connectivity index is 1.61. The molecule has 0 radical (unpaired) electrons. The first-order valence-corrected chi connectivity index (χ1v) is 11.0. The molecular formula is C27H22F6O. The van der Waals surface area contributed by atoms with E-state index in [9.17, 15) is 22.0 Å². The van der Waals surface area contributed by atoms with Gasteiger partial charge < -0.3 is 4.74 Å². The van der Waals surface area contributed by atoms with Crippen molar-refractivity contribution < 1.29 is 31.1 Å². The van der Waals surface area contributed by atoms with Gasteiger partial charge in [0.1, 0.15) is 11.6 Å². The number of aryl methyl sites for hydroxylation is 1. The van der Waals surface area contributed by atoms with Crippen LogP contribution >= 0.6 is 0 Å². The first-order chi connectivity index (χ1) is 16.2. The summed E-state index contributed by atoms with van der Waals surface area (Å²) in [6.07, 6.45) is 0.587. The molecule has 0 aliphatic heterocycles. The maximum absolute atomic E-state index is 15.3. The number of rotatable bonds is 6. The summed E-state index contributed by atoms with van der Waals surface area (Å²) >= 11 is 0. The van der Waals surface area contributed by atoms with E-state index in [0.29, 0.717) is 24.1 Å². The number of alkyl halides is 3. The van der Waals surface area contributed by atoms with Gasteiger partial charge in [0.25, 0.3) is 0 Å². The smallest absolute Gasteiger partial charge is 0.403 e. The minimum atomic E-state index is -5.08. The number of unbranched alkanes of at least 4 members (excludes halogenated alkanes) is 1. The van der Waals surface area contributed by atoms with Crippen LogP contribution in [0.2, 0.25) is 0 Å². The van der Waals surface area contributed by atoms with Crippen LogP contribution in [0.25, 0.3) is 16.7 Å². The minimum absolute atomic E-state index is 0.206. The van der Waals surface area contributed by atoms with Gasteiger partial charge in [-0.15, -0.1) is 13.2 Å². The van der Waals surface area contributed by atoms with E-state index < -0.39 is 35.1 Å². The van der Waals surface area contributed by atoms with Crippen molar-refractivity contribution in [3.8, 4) is 16.9 Å². The van der Waals surface area contributed by atoms with Gasteiger partial charge >= 0.3 is 6.36 Å². The van der Waals surface area contributed by atoms with Crippen molar-refractivity contribution in [2.75, 3.05) is 0 Å². The van der Waals surface area contributed by atoms with Crippen LogP contribution in [0.15, 0.2) is 54.6 Å². The Morgan fingerprint density at radius 3 is 2.24 bits per heavy atom. The molecule has 0 amide bonds. The lowest BCUT2D eigenvalue weighted by molar-refractivity contribution is -0.275. The van der Waals surface area contributed by atoms with Crippen molar-refractivity contribution in [1.29, 1.82) is 0 Å². The molecule has 3 aromatic rings. The van der Waals surface area contributed by atoms with Crippen molar-refractivity contribution in [2.45, 2.75) is 45.4 Å². The van der Waals surface area contributed by atoms with Crippen molar-refractivity contribution in [1.82, 2.24) is 0 Å². The molecule has 0 saturated carbocycles. The van der Waals surface area contributed by atoms with E-state index >= 15 is 4.39 Å². The summed E-state index contributed by atoms with van der Waals surface area (Å²) in [5, 5.41) is 0. The normalized spacial score (nSPS) is 13.4. The second-order valence-electron chi connectivity index (χ2n) is 8.29. The highest BCUT2D eigenvalue weighted by Crippen LogP contribution is 2.37. The number of ether oxygens (including phenoxy) is 1.